The van der Waals surface area contributed by atoms with Gasteiger partial charge in [0, 0.05) is 53.5 Å². The van der Waals surface area contributed by atoms with E-state index in [0.717, 1.165) is 24.1 Å². The van der Waals surface area contributed by atoms with Crippen molar-refractivity contribution in [1.82, 2.24) is 9.13 Å². The van der Waals surface area contributed by atoms with E-state index in [1.807, 2.05) is 11.3 Å². The normalized spacial score (nSPS) is 15.7. The van der Waals surface area contributed by atoms with Crippen molar-refractivity contribution in [2.75, 3.05) is 0 Å². The molecule has 3 heteroatoms. The van der Waals surface area contributed by atoms with E-state index in [-0.39, 0.29) is 5.41 Å². The molecule has 7 aromatic carbocycles. The predicted molar refractivity (Wildman–Crippen MR) is 265 cm³/mol. The fraction of sp³-hybridized carbons (Fsp3) is 0.103. The Labute approximate surface area is 361 Å². The molecule has 294 valence electrons. The van der Waals surface area contributed by atoms with Crippen LogP contribution in [0.4, 0.5) is 0 Å². The third kappa shape index (κ3) is 6.14. The Balaban J connectivity index is 1.05. The predicted octanol–water partition coefficient (Wildman–Crippen LogP) is 16.2. The minimum atomic E-state index is 0.00973. The second-order valence-corrected chi connectivity index (χ2v) is 18.1. The third-order valence-corrected chi connectivity index (χ3v) is 14.1. The van der Waals surface area contributed by atoms with Gasteiger partial charge in [-0.15, -0.1) is 11.3 Å². The zero-order valence-corrected chi connectivity index (χ0v) is 35.6. The van der Waals surface area contributed by atoms with Gasteiger partial charge < -0.3 is 9.13 Å². The van der Waals surface area contributed by atoms with Gasteiger partial charge in [-0.05, 0) is 113 Å². The lowest BCUT2D eigenvalue weighted by molar-refractivity contribution is 0.529. The first-order chi connectivity index (χ1) is 29.9. The fourth-order valence-corrected chi connectivity index (χ4v) is 11.1. The maximum absolute atomic E-state index is 4.83. The molecule has 0 fully saturated rings. The first-order valence-electron chi connectivity index (χ1n) is 21.3. The molecule has 10 aromatic rings. The summed E-state index contributed by atoms with van der Waals surface area (Å²) in [5.41, 5.74) is 15.9. The molecular formula is C58H46N2S. The molecular weight excluding hydrogens is 757 g/mol. The number of hydrogen-bond donors (Lipinski definition) is 0. The second-order valence-electron chi connectivity index (χ2n) is 17.1. The van der Waals surface area contributed by atoms with Gasteiger partial charge in [-0.2, -0.15) is 0 Å². The monoisotopic (exact) mass is 802 g/mol. The highest BCUT2D eigenvalue weighted by Crippen LogP contribution is 2.44. The number of rotatable bonds is 6. The summed E-state index contributed by atoms with van der Waals surface area (Å²) in [4.78, 5) is 1.22. The molecule has 0 bridgehead atoms. The first-order valence-corrected chi connectivity index (χ1v) is 22.1. The zero-order valence-electron chi connectivity index (χ0n) is 34.8. The van der Waals surface area contributed by atoms with E-state index in [4.69, 9.17) is 6.58 Å². The average Bonchev–Trinajstić information content (AvgIpc) is 3.96. The van der Waals surface area contributed by atoms with Gasteiger partial charge in [0.05, 0.1) is 22.1 Å². The van der Waals surface area contributed by atoms with Crippen LogP contribution in [0.3, 0.4) is 0 Å². The summed E-state index contributed by atoms with van der Waals surface area (Å²) in [5, 5.41) is 6.28. The molecule has 0 aliphatic heterocycles. The van der Waals surface area contributed by atoms with Gasteiger partial charge in [-0.25, -0.2) is 0 Å². The maximum atomic E-state index is 4.83. The lowest BCUT2D eigenvalue weighted by Gasteiger charge is -2.26. The molecule has 0 radical (unpaired) electrons. The van der Waals surface area contributed by atoms with E-state index in [1.54, 1.807) is 0 Å². The van der Waals surface area contributed by atoms with Crippen molar-refractivity contribution >= 4 is 82.4 Å². The molecule has 3 heterocycles. The Kier molecular flexibility index (Phi) is 8.91. The summed E-state index contributed by atoms with van der Waals surface area (Å²) in [6.07, 6.45) is 11.3. The van der Waals surface area contributed by atoms with E-state index >= 15 is 0 Å². The Morgan fingerprint density at radius 3 is 2.20 bits per heavy atom. The molecule has 61 heavy (non-hydrogen) atoms. The van der Waals surface area contributed by atoms with E-state index in [1.165, 1.54) is 97.7 Å². The highest BCUT2D eigenvalue weighted by molar-refractivity contribution is 7.20. The minimum Gasteiger partial charge on any atom is -0.313 e. The number of benzene rings is 7. The van der Waals surface area contributed by atoms with Gasteiger partial charge in [0.25, 0.3) is 0 Å². The molecule has 1 aliphatic carbocycles. The van der Waals surface area contributed by atoms with E-state index in [0.29, 0.717) is 0 Å². The molecule has 0 N–H and O–H groups in total. The molecule has 0 saturated carbocycles. The number of hydrogen-bond acceptors (Lipinski definition) is 1. The van der Waals surface area contributed by atoms with Crippen LogP contribution in [0.15, 0.2) is 194 Å². The van der Waals surface area contributed by atoms with Crippen LogP contribution in [0, 0.1) is 0 Å². The van der Waals surface area contributed by atoms with Gasteiger partial charge >= 0.3 is 0 Å². The highest BCUT2D eigenvalue weighted by atomic mass is 32.1. The molecule has 0 atom stereocenters. The largest absolute Gasteiger partial charge is 0.313 e. The van der Waals surface area contributed by atoms with Crippen molar-refractivity contribution in [1.29, 1.82) is 0 Å². The van der Waals surface area contributed by atoms with Gasteiger partial charge in [0.15, 0.2) is 0 Å². The van der Waals surface area contributed by atoms with E-state index < -0.39 is 0 Å². The summed E-state index contributed by atoms with van der Waals surface area (Å²) < 4.78 is 6.12. The van der Waals surface area contributed by atoms with Crippen molar-refractivity contribution in [3.63, 3.8) is 0 Å². The summed E-state index contributed by atoms with van der Waals surface area (Å²) in [6.45, 7) is 11.8. The lowest BCUT2D eigenvalue weighted by Crippen LogP contribution is -2.18. The summed E-state index contributed by atoms with van der Waals surface area (Å²) >= 11 is 1.85. The molecule has 1 aliphatic rings. The van der Waals surface area contributed by atoms with Crippen LogP contribution in [0.1, 0.15) is 48.8 Å². The number of para-hydroxylation sites is 3. The van der Waals surface area contributed by atoms with Crippen LogP contribution in [-0.2, 0) is 11.8 Å². The van der Waals surface area contributed by atoms with E-state index in [9.17, 15) is 0 Å². The number of aromatic nitrogens is 2. The van der Waals surface area contributed by atoms with Crippen molar-refractivity contribution in [2.45, 2.75) is 39.0 Å². The Bertz CT molecular complexity index is 3470. The van der Waals surface area contributed by atoms with Gasteiger partial charge in [-0.1, -0.05) is 154 Å². The van der Waals surface area contributed by atoms with Crippen molar-refractivity contribution < 1.29 is 0 Å². The number of fused-ring (bicyclic) bond motifs is 8. The molecule has 0 unspecified atom stereocenters. The quantitative estimate of drug-likeness (QED) is 0.158. The molecule has 3 aromatic heterocycles. The number of nitrogens with zero attached hydrogens (tertiary/aromatic N) is 2. The van der Waals surface area contributed by atoms with Crippen LogP contribution < -0.4 is 0 Å². The van der Waals surface area contributed by atoms with Crippen LogP contribution in [0.5, 0.6) is 0 Å². The molecule has 2 nitrogen and oxygen atoms in total. The van der Waals surface area contributed by atoms with Gasteiger partial charge in [0.1, 0.15) is 0 Å². The SMILES string of the molecule is C=C(C1=C/CC(C)(C)c2ccccc2C/C=C\1)c1sc2ccccc2c1/C=C(\C)n1c2ccccc2c2c(-c3ccc4c(c3)c3ccccc3n4-c3ccccc3)cccc21. The Morgan fingerprint density at radius 1 is 0.656 bits per heavy atom. The van der Waals surface area contributed by atoms with E-state index in [2.05, 4.69) is 218 Å². The zero-order chi connectivity index (χ0) is 41.2. The molecule has 0 spiro atoms. The lowest BCUT2D eigenvalue weighted by atomic mass is 9.78. The topological polar surface area (TPSA) is 9.86 Å². The maximum Gasteiger partial charge on any atom is 0.0543 e. The van der Waals surface area contributed by atoms with Crippen LogP contribution in [-0.4, -0.2) is 9.13 Å². The van der Waals surface area contributed by atoms with Crippen LogP contribution in [0.25, 0.3) is 87.9 Å². The van der Waals surface area contributed by atoms with Crippen LogP contribution >= 0.6 is 11.3 Å². The van der Waals surface area contributed by atoms with Gasteiger partial charge in [-0.3, -0.25) is 0 Å². The smallest absolute Gasteiger partial charge is 0.0543 e. The number of thiophene rings is 1. The van der Waals surface area contributed by atoms with Crippen molar-refractivity contribution in [3.05, 3.63) is 216 Å². The summed E-state index contributed by atoms with van der Waals surface area (Å²) in [7, 11) is 0. The second kappa shape index (κ2) is 14.7. The first kappa shape index (κ1) is 37.1. The number of allylic oxidation sites excluding steroid dienone is 6. The molecule has 0 amide bonds. The van der Waals surface area contributed by atoms with Gasteiger partial charge in [0.2, 0.25) is 0 Å². The third-order valence-electron chi connectivity index (χ3n) is 12.9. The Morgan fingerprint density at radius 2 is 1.34 bits per heavy atom. The van der Waals surface area contributed by atoms with Crippen molar-refractivity contribution in [2.24, 2.45) is 0 Å². The van der Waals surface area contributed by atoms with Crippen LogP contribution in [0.2, 0.25) is 0 Å². The highest BCUT2D eigenvalue weighted by Gasteiger charge is 2.25. The molecule has 0 saturated heterocycles. The summed E-state index contributed by atoms with van der Waals surface area (Å²) in [6, 6.07) is 59.9. The van der Waals surface area contributed by atoms with Crippen molar-refractivity contribution in [3.8, 4) is 16.8 Å². The Hall–Kier alpha value is -6.94. The minimum absolute atomic E-state index is 0.00973. The fourth-order valence-electron chi connectivity index (χ4n) is 9.91. The summed E-state index contributed by atoms with van der Waals surface area (Å²) in [5.74, 6) is 0. The standard InChI is InChI=1S/C58H46N2S/c1-38(36-49-46-24-11-15-31-55(46)61-57(49)39(2)40-19-16-20-41-18-8-12-27-50(41)58(3,4)35-34-40)59-52-29-14-10-25-47(52)56-44(26-17-30-54(56)59)42-32-33-53-48(37-42)45-23-9-13-28-51(45)60(53)43-21-6-5-7-22-43/h5-19,21-34,36-37H,2,20,35H2,1,3-4H3/b19-16-,38-36+,40-34+. The molecule has 11 rings (SSSR count). The average molecular weight is 803 g/mol.